The van der Waals surface area contributed by atoms with Crippen LogP contribution in [0.2, 0.25) is 0 Å². The minimum Gasteiger partial charge on any atom is -0.459 e. The number of carbonyl (C=O) groups excluding carboxylic acids is 1. The summed E-state index contributed by atoms with van der Waals surface area (Å²) in [5.41, 5.74) is -0.478. The predicted molar refractivity (Wildman–Crippen MR) is 66.0 cm³/mol. The average Bonchev–Trinajstić information content (AvgIpc) is 2.02. The van der Waals surface area contributed by atoms with Gasteiger partial charge in [-0.05, 0) is 44.7 Å². The predicted octanol–water partition coefficient (Wildman–Crippen LogP) is 2.30. The van der Waals surface area contributed by atoms with Gasteiger partial charge in [-0.15, -0.1) is 0 Å². The molecule has 0 fully saturated rings. The Balaban J connectivity index is 4.13. The molecule has 0 radical (unpaired) electrons. The second kappa shape index (κ2) is 6.12. The Morgan fingerprint density at radius 2 is 1.80 bits per heavy atom. The second-order valence-corrected chi connectivity index (χ2v) is 5.29. The highest BCUT2D eigenvalue weighted by Gasteiger charge is 2.18. The fourth-order valence-electron chi connectivity index (χ4n) is 0.715. The van der Waals surface area contributed by atoms with Gasteiger partial charge < -0.3 is 4.74 Å². The summed E-state index contributed by atoms with van der Waals surface area (Å²) in [4.78, 5) is 11.5. The van der Waals surface area contributed by atoms with Crippen molar-refractivity contribution in [3.63, 3.8) is 0 Å². The van der Waals surface area contributed by atoms with Crippen molar-refractivity contribution >= 4 is 35.9 Å². The van der Waals surface area contributed by atoms with Crippen molar-refractivity contribution in [2.24, 2.45) is 0 Å². The lowest BCUT2D eigenvalue weighted by atomic mass is 10.2. The van der Waals surface area contributed by atoms with Crippen molar-refractivity contribution in [2.45, 2.75) is 26.4 Å². The van der Waals surface area contributed by atoms with Gasteiger partial charge in [0.25, 0.3) is 6.02 Å². The number of carbonyl (C=O) groups is 1. The maximum absolute atomic E-state index is 11.5. The highest BCUT2D eigenvalue weighted by Crippen LogP contribution is 2.16. The largest absolute Gasteiger partial charge is 0.459 e. The van der Waals surface area contributed by atoms with Gasteiger partial charge in [0.2, 0.25) is 0 Å². The number of hydrogen-bond acceptors (Lipinski definition) is 5. The van der Waals surface area contributed by atoms with Crippen molar-refractivity contribution in [3.05, 3.63) is 0 Å². The van der Waals surface area contributed by atoms with Crippen molar-refractivity contribution in [3.8, 4) is 0 Å². The summed E-state index contributed by atoms with van der Waals surface area (Å²) in [5.74, 6) is 0. The first kappa shape index (κ1) is 14.4. The molecule has 0 rings (SSSR count). The van der Waals surface area contributed by atoms with E-state index in [9.17, 15) is 4.79 Å². The Bertz CT molecular complexity index is 237. The van der Waals surface area contributed by atoms with Crippen LogP contribution >= 0.6 is 23.9 Å². The second-order valence-electron chi connectivity index (χ2n) is 3.60. The monoisotopic (exact) mass is 251 g/mol. The first-order valence-corrected chi connectivity index (χ1v) is 6.63. The molecule has 5 nitrogen and oxygen atoms in total. The molecule has 7 heteroatoms. The minimum absolute atomic E-state index is 0.236. The van der Waals surface area contributed by atoms with E-state index in [2.05, 4.69) is 5.32 Å². The van der Waals surface area contributed by atoms with Crippen LogP contribution in [-0.4, -0.2) is 33.9 Å². The van der Waals surface area contributed by atoms with Crippen LogP contribution in [0.5, 0.6) is 0 Å². The molecule has 0 heterocycles. The number of amides is 2. The molecule has 0 saturated carbocycles. The third-order valence-electron chi connectivity index (χ3n) is 1.13. The van der Waals surface area contributed by atoms with Gasteiger partial charge in [0.05, 0.1) is 0 Å². The lowest BCUT2D eigenvalue weighted by Gasteiger charge is -2.22. The van der Waals surface area contributed by atoms with E-state index in [1.165, 1.54) is 27.6 Å². The van der Waals surface area contributed by atoms with Gasteiger partial charge in [0, 0.05) is 12.5 Å². The zero-order chi connectivity index (χ0) is 12.1. The van der Waals surface area contributed by atoms with E-state index in [0.29, 0.717) is 0 Å². The Labute approximate surface area is 99.1 Å². The number of nitrogens with one attached hydrogen (secondary N) is 2. The summed E-state index contributed by atoms with van der Waals surface area (Å²) in [5, 5.41) is 9.76. The summed E-state index contributed by atoms with van der Waals surface area (Å²) in [6.07, 6.45) is 3.56. The van der Waals surface area contributed by atoms with Crippen molar-refractivity contribution < 1.29 is 9.53 Å². The highest BCUT2D eigenvalue weighted by atomic mass is 32.2. The molecule has 0 aliphatic heterocycles. The number of rotatable bonds is 2. The Hall–Kier alpha value is -0.560. The van der Waals surface area contributed by atoms with Crippen molar-refractivity contribution in [2.75, 3.05) is 12.5 Å². The Kier molecular flexibility index (Phi) is 5.89. The molecular formula is C8H17N3O2S2. The summed E-state index contributed by atoms with van der Waals surface area (Å²) < 4.78 is 6.57. The quantitative estimate of drug-likeness (QED) is 0.449. The van der Waals surface area contributed by atoms with Gasteiger partial charge in [0.1, 0.15) is 5.60 Å². The van der Waals surface area contributed by atoms with Gasteiger partial charge in [-0.3, -0.25) is 10.7 Å². The molecule has 0 atom stereocenters. The molecule has 2 N–H and O–H groups in total. The highest BCUT2D eigenvalue weighted by molar-refractivity contribution is 8.12. The molecular weight excluding hydrogens is 234 g/mol. The molecule has 0 aromatic carbocycles. The van der Waals surface area contributed by atoms with Crippen LogP contribution in [0.15, 0.2) is 0 Å². The molecule has 0 spiro atoms. The molecule has 0 unspecified atom stereocenters. The number of nitrogens with zero attached hydrogens (tertiary/aromatic N) is 1. The van der Waals surface area contributed by atoms with Crippen LogP contribution in [-0.2, 0) is 4.74 Å². The normalized spacial score (nSPS) is 10.7. The number of ether oxygens (including phenoxy) is 1. The minimum atomic E-state index is -0.478. The van der Waals surface area contributed by atoms with Gasteiger partial charge in [-0.25, -0.2) is 8.51 Å². The van der Waals surface area contributed by atoms with Gasteiger partial charge in [-0.2, -0.15) is 0 Å². The molecule has 0 saturated heterocycles. The molecule has 0 aliphatic carbocycles. The molecule has 0 aromatic rings. The topological polar surface area (TPSA) is 65.4 Å². The standard InChI is InChI=1S/C8H17N3O2S2/c1-8(2,3)13-6(9)10-7(12)11(14-4)15-5/h1-5H3,(H2,9,10,12). The first-order valence-electron chi connectivity index (χ1n) is 4.27. The smallest absolute Gasteiger partial charge is 0.345 e. The summed E-state index contributed by atoms with van der Waals surface area (Å²) >= 11 is 2.54. The van der Waals surface area contributed by atoms with Crippen LogP contribution in [0.4, 0.5) is 4.79 Å². The van der Waals surface area contributed by atoms with E-state index in [0.717, 1.165) is 0 Å². The lowest BCUT2D eigenvalue weighted by molar-refractivity contribution is 0.108. The van der Waals surface area contributed by atoms with E-state index in [4.69, 9.17) is 10.1 Å². The molecule has 15 heavy (non-hydrogen) atoms. The molecule has 0 aromatic heterocycles. The fourth-order valence-corrected chi connectivity index (χ4v) is 1.73. The summed E-state index contributed by atoms with van der Waals surface area (Å²) in [7, 11) is 0. The van der Waals surface area contributed by atoms with Crippen LogP contribution in [0.1, 0.15) is 20.8 Å². The molecule has 0 aliphatic rings. The van der Waals surface area contributed by atoms with Gasteiger partial charge in [0.15, 0.2) is 0 Å². The van der Waals surface area contributed by atoms with Crippen molar-refractivity contribution in [1.29, 1.82) is 5.41 Å². The molecule has 0 bridgehead atoms. The van der Waals surface area contributed by atoms with E-state index in [1.807, 2.05) is 20.8 Å². The van der Waals surface area contributed by atoms with E-state index in [1.54, 1.807) is 12.5 Å². The maximum atomic E-state index is 11.5. The van der Waals surface area contributed by atoms with E-state index < -0.39 is 5.60 Å². The Morgan fingerprint density at radius 1 is 1.33 bits per heavy atom. The van der Waals surface area contributed by atoms with Crippen LogP contribution in [0.25, 0.3) is 0 Å². The van der Waals surface area contributed by atoms with Gasteiger partial charge in [-0.1, -0.05) is 0 Å². The van der Waals surface area contributed by atoms with Crippen LogP contribution < -0.4 is 5.32 Å². The van der Waals surface area contributed by atoms with Gasteiger partial charge >= 0.3 is 6.03 Å². The van der Waals surface area contributed by atoms with E-state index >= 15 is 0 Å². The first-order chi connectivity index (χ1) is 6.80. The zero-order valence-corrected chi connectivity index (χ0v) is 11.2. The molecule has 2 amide bonds. The summed E-state index contributed by atoms with van der Waals surface area (Å²) in [6.45, 7) is 5.44. The van der Waals surface area contributed by atoms with Crippen LogP contribution in [0.3, 0.4) is 0 Å². The third kappa shape index (κ3) is 6.51. The van der Waals surface area contributed by atoms with Crippen LogP contribution in [0, 0.1) is 5.41 Å². The molecule has 88 valence electrons. The number of urea groups is 1. The third-order valence-corrected chi connectivity index (χ3v) is 3.02. The fraction of sp³-hybridized carbons (Fsp3) is 0.750. The lowest BCUT2D eigenvalue weighted by Crippen LogP contribution is -2.40. The summed E-state index contributed by atoms with van der Waals surface area (Å²) in [6, 6.07) is -0.607. The number of amidine groups is 1. The average molecular weight is 251 g/mol. The SMILES string of the molecule is CSN(SC)C(=O)NC(=N)OC(C)(C)C. The van der Waals surface area contributed by atoms with E-state index in [-0.39, 0.29) is 12.1 Å². The Morgan fingerprint density at radius 3 is 2.13 bits per heavy atom. The maximum Gasteiger partial charge on any atom is 0.345 e. The zero-order valence-electron chi connectivity index (χ0n) is 9.58. The number of hydrogen-bond donors (Lipinski definition) is 2. The van der Waals surface area contributed by atoms with Crippen molar-refractivity contribution in [1.82, 2.24) is 9.03 Å².